The molecule has 0 aliphatic carbocycles. The number of rotatable bonds is 8. The number of hydrogen-bond donors (Lipinski definition) is 2. The van der Waals surface area contributed by atoms with Gasteiger partial charge in [-0.2, -0.15) is 0 Å². The Labute approximate surface area is 191 Å². The lowest BCUT2D eigenvalue weighted by molar-refractivity contribution is 0.0527. The second-order valence-corrected chi connectivity index (χ2v) is 6.85. The maximum atomic E-state index is 12.3. The lowest BCUT2D eigenvalue weighted by Crippen LogP contribution is -2.18. The first kappa shape index (κ1) is 23.3. The summed E-state index contributed by atoms with van der Waals surface area (Å²) in [6.07, 6.45) is -1.44. The Morgan fingerprint density at radius 3 is 1.79 bits per heavy atom. The summed E-state index contributed by atoms with van der Waals surface area (Å²) in [5.41, 5.74) is 2.23. The highest BCUT2D eigenvalue weighted by molar-refractivity contribution is 6.01. The topological polar surface area (TPSA) is 103 Å². The first-order valence-electron chi connectivity index (χ1n) is 10.3. The van der Waals surface area contributed by atoms with Crippen LogP contribution in [0.5, 0.6) is 0 Å². The number of carbonyl (C=O) groups is 3. The van der Waals surface area contributed by atoms with Gasteiger partial charge in [0.1, 0.15) is 13.2 Å². The molecule has 0 aliphatic heterocycles. The van der Waals surface area contributed by atoms with Gasteiger partial charge in [-0.3, -0.25) is 10.6 Å². The van der Waals surface area contributed by atoms with Crippen LogP contribution in [0.4, 0.5) is 21.0 Å². The van der Waals surface area contributed by atoms with Crippen LogP contribution in [0.15, 0.2) is 78.9 Å². The van der Waals surface area contributed by atoms with Crippen LogP contribution in [-0.4, -0.2) is 24.8 Å². The van der Waals surface area contributed by atoms with E-state index >= 15 is 0 Å². The van der Waals surface area contributed by atoms with Crippen molar-refractivity contribution in [1.29, 1.82) is 0 Å². The summed E-state index contributed by atoms with van der Waals surface area (Å²) in [7, 11) is 0. The number of amides is 2. The molecule has 0 aliphatic rings. The Morgan fingerprint density at radius 1 is 0.697 bits per heavy atom. The van der Waals surface area contributed by atoms with E-state index in [0.29, 0.717) is 5.69 Å². The van der Waals surface area contributed by atoms with Gasteiger partial charge in [0.05, 0.1) is 17.9 Å². The van der Waals surface area contributed by atoms with Crippen molar-refractivity contribution in [2.45, 2.75) is 20.1 Å². The number of carbonyl (C=O) groups excluding carboxylic acids is 3. The van der Waals surface area contributed by atoms with Crippen molar-refractivity contribution in [1.82, 2.24) is 0 Å². The van der Waals surface area contributed by atoms with Crippen LogP contribution in [0.3, 0.4) is 0 Å². The van der Waals surface area contributed by atoms with Crippen molar-refractivity contribution in [2.75, 3.05) is 17.2 Å². The minimum atomic E-state index is -0.756. The van der Waals surface area contributed by atoms with Crippen molar-refractivity contribution in [2.24, 2.45) is 0 Å². The van der Waals surface area contributed by atoms with Crippen LogP contribution in [0, 0.1) is 0 Å². The maximum absolute atomic E-state index is 12.3. The van der Waals surface area contributed by atoms with Gasteiger partial charge in [-0.25, -0.2) is 14.4 Å². The lowest BCUT2D eigenvalue weighted by atomic mass is 10.1. The number of ether oxygens (including phenoxy) is 3. The van der Waals surface area contributed by atoms with Gasteiger partial charge in [0.2, 0.25) is 0 Å². The molecule has 0 saturated heterocycles. The van der Waals surface area contributed by atoms with Crippen molar-refractivity contribution in [3.63, 3.8) is 0 Å². The zero-order valence-corrected chi connectivity index (χ0v) is 18.1. The normalized spacial score (nSPS) is 10.1. The average molecular weight is 448 g/mol. The fraction of sp³-hybridized carbons (Fsp3) is 0.160. The first-order chi connectivity index (χ1) is 16.0. The third kappa shape index (κ3) is 7.39. The number of anilines is 2. The molecule has 8 nitrogen and oxygen atoms in total. The summed E-state index contributed by atoms with van der Waals surface area (Å²) in [5.74, 6) is -0.617. The van der Waals surface area contributed by atoms with E-state index in [-0.39, 0.29) is 31.1 Å². The molecular weight excluding hydrogens is 424 g/mol. The summed E-state index contributed by atoms with van der Waals surface area (Å²) in [6.45, 7) is 2.01. The Balaban J connectivity index is 1.66. The van der Waals surface area contributed by atoms with E-state index in [1.807, 2.05) is 60.7 Å². The monoisotopic (exact) mass is 448 g/mol. The number of hydrogen-bond acceptors (Lipinski definition) is 6. The average Bonchev–Trinajstić information content (AvgIpc) is 2.83. The molecule has 0 spiro atoms. The van der Waals surface area contributed by atoms with Crippen LogP contribution in [0.2, 0.25) is 0 Å². The van der Waals surface area contributed by atoms with Gasteiger partial charge in [0.25, 0.3) is 0 Å². The molecule has 0 radical (unpaired) electrons. The van der Waals surface area contributed by atoms with Gasteiger partial charge in [0.15, 0.2) is 0 Å². The highest BCUT2D eigenvalue weighted by Gasteiger charge is 2.17. The van der Waals surface area contributed by atoms with Gasteiger partial charge < -0.3 is 14.2 Å². The summed E-state index contributed by atoms with van der Waals surface area (Å²) < 4.78 is 15.5. The molecule has 3 aromatic rings. The fourth-order valence-electron chi connectivity index (χ4n) is 2.86. The molecule has 170 valence electrons. The van der Waals surface area contributed by atoms with Crippen LogP contribution in [0.25, 0.3) is 0 Å². The van der Waals surface area contributed by atoms with Crippen molar-refractivity contribution in [3.8, 4) is 0 Å². The van der Waals surface area contributed by atoms with Gasteiger partial charge in [-0.1, -0.05) is 60.7 Å². The molecule has 0 saturated carbocycles. The molecular formula is C25H24N2O6. The molecule has 0 bridgehead atoms. The second kappa shape index (κ2) is 11.9. The summed E-state index contributed by atoms with van der Waals surface area (Å²) >= 11 is 0. The second-order valence-electron chi connectivity index (χ2n) is 6.85. The van der Waals surface area contributed by atoms with E-state index in [1.54, 1.807) is 6.92 Å². The zero-order chi connectivity index (χ0) is 23.5. The molecule has 3 aromatic carbocycles. The molecule has 33 heavy (non-hydrogen) atoms. The minimum absolute atomic E-state index is 0.0607. The van der Waals surface area contributed by atoms with E-state index in [1.165, 1.54) is 18.2 Å². The summed E-state index contributed by atoms with van der Waals surface area (Å²) in [6, 6.07) is 22.8. The van der Waals surface area contributed by atoms with E-state index < -0.39 is 18.2 Å². The smallest absolute Gasteiger partial charge is 0.411 e. The first-order valence-corrected chi connectivity index (χ1v) is 10.3. The van der Waals surface area contributed by atoms with Gasteiger partial charge in [-0.05, 0) is 36.2 Å². The van der Waals surface area contributed by atoms with Gasteiger partial charge >= 0.3 is 18.2 Å². The number of nitrogens with one attached hydrogen (secondary N) is 2. The molecule has 2 amide bonds. The third-order valence-corrected chi connectivity index (χ3v) is 4.42. The van der Waals surface area contributed by atoms with E-state index in [4.69, 9.17) is 14.2 Å². The van der Waals surface area contributed by atoms with Crippen molar-refractivity contribution in [3.05, 3.63) is 95.6 Å². The predicted molar refractivity (Wildman–Crippen MR) is 123 cm³/mol. The SMILES string of the molecule is CCOC(=O)c1ccc(NC(=O)OCc2ccccc2)cc1NC(=O)OCc1ccccc1. The molecule has 0 atom stereocenters. The Morgan fingerprint density at radius 2 is 1.24 bits per heavy atom. The van der Waals surface area contributed by atoms with Crippen LogP contribution >= 0.6 is 0 Å². The van der Waals surface area contributed by atoms with Gasteiger partial charge in [-0.15, -0.1) is 0 Å². The standard InChI is InChI=1S/C25H24N2O6/c1-2-31-23(28)21-14-13-20(26-24(29)32-16-18-9-5-3-6-10-18)15-22(21)27-25(30)33-17-19-11-7-4-8-12-19/h3-15H,2,16-17H2,1H3,(H,26,29)(H,27,30). The number of esters is 1. The molecule has 0 fully saturated rings. The van der Waals surface area contributed by atoms with E-state index in [2.05, 4.69) is 10.6 Å². The van der Waals surface area contributed by atoms with Crippen LogP contribution < -0.4 is 10.6 Å². The van der Waals surface area contributed by atoms with Gasteiger partial charge in [0, 0.05) is 5.69 Å². The largest absolute Gasteiger partial charge is 0.462 e. The molecule has 0 aromatic heterocycles. The van der Waals surface area contributed by atoms with Crippen molar-refractivity contribution >= 4 is 29.5 Å². The summed E-state index contributed by atoms with van der Waals surface area (Å²) in [4.78, 5) is 36.8. The summed E-state index contributed by atoms with van der Waals surface area (Å²) in [5, 5.41) is 5.11. The van der Waals surface area contributed by atoms with Crippen molar-refractivity contribution < 1.29 is 28.6 Å². The Kier molecular flexibility index (Phi) is 8.41. The van der Waals surface area contributed by atoms with E-state index in [0.717, 1.165) is 11.1 Å². The van der Waals surface area contributed by atoms with Crippen LogP contribution in [0.1, 0.15) is 28.4 Å². The Hall–Kier alpha value is -4.33. The Bertz CT molecular complexity index is 1090. The van der Waals surface area contributed by atoms with E-state index in [9.17, 15) is 14.4 Å². The molecule has 0 heterocycles. The fourth-order valence-corrected chi connectivity index (χ4v) is 2.86. The highest BCUT2D eigenvalue weighted by atomic mass is 16.6. The molecule has 8 heteroatoms. The molecule has 0 unspecified atom stereocenters. The number of benzene rings is 3. The van der Waals surface area contributed by atoms with Crippen LogP contribution in [-0.2, 0) is 27.4 Å². The zero-order valence-electron chi connectivity index (χ0n) is 18.1. The third-order valence-electron chi connectivity index (χ3n) is 4.42. The minimum Gasteiger partial charge on any atom is -0.462 e. The quantitative estimate of drug-likeness (QED) is 0.355. The highest BCUT2D eigenvalue weighted by Crippen LogP contribution is 2.23. The lowest BCUT2D eigenvalue weighted by Gasteiger charge is -2.13. The predicted octanol–water partition coefficient (Wildman–Crippen LogP) is 5.36. The molecule has 2 N–H and O–H groups in total. The molecule has 3 rings (SSSR count). The maximum Gasteiger partial charge on any atom is 0.411 e.